The molecule has 1 aromatic carbocycles. The van der Waals surface area contributed by atoms with Crippen molar-refractivity contribution in [3.63, 3.8) is 0 Å². The lowest BCUT2D eigenvalue weighted by Gasteiger charge is -2.25. The summed E-state index contributed by atoms with van der Waals surface area (Å²) in [4.78, 5) is 12.8. The van der Waals surface area contributed by atoms with Gasteiger partial charge in [0.1, 0.15) is 0 Å². The molecular formula is C12H14F3NO2. The Morgan fingerprint density at radius 3 is 2.33 bits per heavy atom. The van der Waals surface area contributed by atoms with Gasteiger partial charge in [-0.1, -0.05) is 0 Å². The van der Waals surface area contributed by atoms with Crippen molar-refractivity contribution in [2.24, 2.45) is 0 Å². The van der Waals surface area contributed by atoms with E-state index in [1.54, 1.807) is 0 Å². The minimum atomic E-state index is -1.68. The van der Waals surface area contributed by atoms with E-state index in [1.807, 2.05) is 0 Å². The van der Waals surface area contributed by atoms with E-state index >= 15 is 0 Å². The minimum Gasteiger partial charge on any atom is -0.389 e. The molecule has 0 heterocycles. The fourth-order valence-corrected chi connectivity index (χ4v) is 1.55. The Morgan fingerprint density at radius 2 is 1.83 bits per heavy atom. The highest BCUT2D eigenvalue weighted by Crippen LogP contribution is 2.17. The molecule has 0 aliphatic rings. The van der Waals surface area contributed by atoms with Gasteiger partial charge < -0.3 is 10.0 Å². The average molecular weight is 261 g/mol. The number of carbonyl (C=O) groups excluding carboxylic acids is 1. The summed E-state index contributed by atoms with van der Waals surface area (Å²) < 4.78 is 39.1. The monoisotopic (exact) mass is 261 g/mol. The standard InChI is InChI=1S/C12H14F3NO2/c1-12(2,18)6-16(3)11(17)7-4-5-8(13)10(15)9(7)14/h4-5,18H,6H2,1-3H3. The Labute approximate surface area is 103 Å². The van der Waals surface area contributed by atoms with Gasteiger partial charge in [0.05, 0.1) is 11.2 Å². The molecule has 6 heteroatoms. The van der Waals surface area contributed by atoms with Crippen LogP contribution in [0.2, 0.25) is 0 Å². The van der Waals surface area contributed by atoms with E-state index in [0.717, 1.165) is 11.0 Å². The number of aliphatic hydroxyl groups is 1. The van der Waals surface area contributed by atoms with Crippen LogP contribution in [0, 0.1) is 17.5 Å². The van der Waals surface area contributed by atoms with Crippen molar-refractivity contribution in [2.75, 3.05) is 13.6 Å². The molecule has 1 amide bonds. The van der Waals surface area contributed by atoms with Crippen LogP contribution in [0.15, 0.2) is 12.1 Å². The molecule has 18 heavy (non-hydrogen) atoms. The number of carbonyl (C=O) groups is 1. The second-order valence-corrected chi connectivity index (χ2v) is 4.70. The van der Waals surface area contributed by atoms with Gasteiger partial charge in [0.25, 0.3) is 5.91 Å². The maximum absolute atomic E-state index is 13.4. The highest BCUT2D eigenvalue weighted by Gasteiger charge is 2.24. The van der Waals surface area contributed by atoms with Crippen molar-refractivity contribution in [1.29, 1.82) is 0 Å². The Hall–Kier alpha value is -1.56. The Bertz CT molecular complexity index is 469. The van der Waals surface area contributed by atoms with Crippen LogP contribution < -0.4 is 0 Å². The van der Waals surface area contributed by atoms with Gasteiger partial charge >= 0.3 is 0 Å². The van der Waals surface area contributed by atoms with Crippen molar-refractivity contribution < 1.29 is 23.1 Å². The normalized spacial score (nSPS) is 11.5. The zero-order valence-corrected chi connectivity index (χ0v) is 10.3. The highest BCUT2D eigenvalue weighted by molar-refractivity contribution is 5.94. The van der Waals surface area contributed by atoms with Crippen molar-refractivity contribution in [1.82, 2.24) is 4.90 Å². The Balaban J connectivity index is 3.02. The lowest BCUT2D eigenvalue weighted by molar-refractivity contribution is 0.0364. The first-order chi connectivity index (χ1) is 8.13. The topological polar surface area (TPSA) is 40.5 Å². The highest BCUT2D eigenvalue weighted by atomic mass is 19.2. The summed E-state index contributed by atoms with van der Waals surface area (Å²) in [6.45, 7) is 2.88. The first-order valence-corrected chi connectivity index (χ1v) is 5.25. The van der Waals surface area contributed by atoms with Crippen molar-refractivity contribution in [2.45, 2.75) is 19.4 Å². The predicted molar refractivity (Wildman–Crippen MR) is 59.6 cm³/mol. The number of amides is 1. The van der Waals surface area contributed by atoms with E-state index in [2.05, 4.69) is 0 Å². The smallest absolute Gasteiger partial charge is 0.256 e. The largest absolute Gasteiger partial charge is 0.389 e. The molecular weight excluding hydrogens is 247 g/mol. The van der Waals surface area contributed by atoms with E-state index in [9.17, 15) is 23.1 Å². The number of rotatable bonds is 3. The third-order valence-electron chi connectivity index (χ3n) is 2.24. The van der Waals surface area contributed by atoms with Gasteiger partial charge in [0.2, 0.25) is 0 Å². The predicted octanol–water partition coefficient (Wildman–Crippen LogP) is 1.95. The Morgan fingerprint density at radius 1 is 1.28 bits per heavy atom. The summed E-state index contributed by atoms with van der Waals surface area (Å²) in [6.07, 6.45) is 0. The first-order valence-electron chi connectivity index (χ1n) is 5.25. The van der Waals surface area contributed by atoms with E-state index in [1.165, 1.54) is 20.9 Å². The van der Waals surface area contributed by atoms with Crippen LogP contribution in [-0.2, 0) is 0 Å². The van der Waals surface area contributed by atoms with Crippen LogP contribution in [-0.4, -0.2) is 35.1 Å². The van der Waals surface area contributed by atoms with Crippen LogP contribution in [0.5, 0.6) is 0 Å². The molecule has 0 unspecified atom stereocenters. The Kier molecular flexibility index (Phi) is 4.01. The van der Waals surface area contributed by atoms with E-state index in [4.69, 9.17) is 0 Å². The van der Waals surface area contributed by atoms with Gasteiger partial charge in [-0.25, -0.2) is 13.2 Å². The molecule has 0 aromatic heterocycles. The maximum Gasteiger partial charge on any atom is 0.256 e. The number of nitrogens with zero attached hydrogens (tertiary/aromatic N) is 1. The minimum absolute atomic E-state index is 0.0652. The van der Waals surface area contributed by atoms with Crippen molar-refractivity contribution >= 4 is 5.91 Å². The number of hydrogen-bond donors (Lipinski definition) is 1. The summed E-state index contributed by atoms with van der Waals surface area (Å²) in [5, 5.41) is 9.53. The van der Waals surface area contributed by atoms with Crippen LogP contribution in [0.1, 0.15) is 24.2 Å². The second-order valence-electron chi connectivity index (χ2n) is 4.70. The first kappa shape index (κ1) is 14.5. The molecule has 100 valence electrons. The third kappa shape index (κ3) is 3.22. The molecule has 0 fully saturated rings. The SMILES string of the molecule is CN(CC(C)(C)O)C(=O)c1ccc(F)c(F)c1F. The van der Waals surface area contributed by atoms with Gasteiger partial charge in [-0.05, 0) is 26.0 Å². The average Bonchev–Trinajstić information content (AvgIpc) is 2.23. The molecule has 0 radical (unpaired) electrons. The molecule has 0 saturated carbocycles. The summed E-state index contributed by atoms with van der Waals surface area (Å²) in [5.41, 5.74) is -1.74. The number of halogens is 3. The van der Waals surface area contributed by atoms with Gasteiger partial charge in [0, 0.05) is 13.6 Å². The van der Waals surface area contributed by atoms with Gasteiger partial charge in [0.15, 0.2) is 17.5 Å². The molecule has 0 aliphatic heterocycles. The summed E-state index contributed by atoms with van der Waals surface area (Å²) >= 11 is 0. The van der Waals surface area contributed by atoms with Crippen LogP contribution in [0.25, 0.3) is 0 Å². The molecule has 1 rings (SSSR count). The van der Waals surface area contributed by atoms with Crippen LogP contribution in [0.4, 0.5) is 13.2 Å². The molecule has 0 spiro atoms. The van der Waals surface area contributed by atoms with E-state index < -0.39 is 34.5 Å². The number of hydrogen-bond acceptors (Lipinski definition) is 2. The number of likely N-dealkylation sites (N-methyl/N-ethyl adjacent to an activating group) is 1. The lowest BCUT2D eigenvalue weighted by atomic mass is 10.1. The van der Waals surface area contributed by atoms with Crippen LogP contribution >= 0.6 is 0 Å². The fraction of sp³-hybridized carbons (Fsp3) is 0.417. The number of benzene rings is 1. The van der Waals surface area contributed by atoms with E-state index in [-0.39, 0.29) is 6.54 Å². The molecule has 0 aliphatic carbocycles. The van der Waals surface area contributed by atoms with Gasteiger partial charge in [-0.2, -0.15) is 0 Å². The summed E-state index contributed by atoms with van der Waals surface area (Å²) in [5.74, 6) is -5.39. The zero-order chi connectivity index (χ0) is 14.1. The van der Waals surface area contributed by atoms with Gasteiger partial charge in [-0.3, -0.25) is 4.79 Å². The second kappa shape index (κ2) is 4.97. The molecule has 1 aromatic rings. The molecule has 1 N–H and O–H groups in total. The van der Waals surface area contributed by atoms with Crippen molar-refractivity contribution in [3.8, 4) is 0 Å². The van der Waals surface area contributed by atoms with Crippen LogP contribution in [0.3, 0.4) is 0 Å². The molecule has 0 bridgehead atoms. The molecule has 3 nitrogen and oxygen atoms in total. The molecule has 0 atom stereocenters. The third-order valence-corrected chi connectivity index (χ3v) is 2.24. The van der Waals surface area contributed by atoms with Crippen molar-refractivity contribution in [3.05, 3.63) is 35.1 Å². The molecule has 0 saturated heterocycles. The zero-order valence-electron chi connectivity index (χ0n) is 10.3. The fourth-order valence-electron chi connectivity index (χ4n) is 1.55. The summed E-state index contributed by atoms with van der Waals surface area (Å²) in [7, 11) is 1.33. The maximum atomic E-state index is 13.4. The summed E-state index contributed by atoms with van der Waals surface area (Å²) in [6, 6.07) is 1.56. The van der Waals surface area contributed by atoms with Gasteiger partial charge in [-0.15, -0.1) is 0 Å². The van der Waals surface area contributed by atoms with E-state index in [0.29, 0.717) is 6.07 Å². The lowest BCUT2D eigenvalue weighted by Crippen LogP contribution is -2.40. The quantitative estimate of drug-likeness (QED) is 0.845.